The number of amides is 1. The number of carbonyl (C=O) groups excluding carboxylic acids is 1. The zero-order valence-electron chi connectivity index (χ0n) is 11.6. The molecule has 0 radical (unpaired) electrons. The maximum atomic E-state index is 13.3. The van der Waals surface area contributed by atoms with Crippen molar-refractivity contribution in [1.29, 1.82) is 0 Å². The van der Waals surface area contributed by atoms with E-state index in [4.69, 9.17) is 0 Å². The van der Waals surface area contributed by atoms with Gasteiger partial charge in [-0.05, 0) is 39.0 Å². The number of benzene rings is 1. The zero-order valence-corrected chi connectivity index (χ0v) is 11.6. The molecular weight excluding hydrogens is 261 g/mol. The number of aromatic nitrogens is 2. The highest BCUT2D eigenvalue weighted by molar-refractivity contribution is 5.95. The Hall–Kier alpha value is -2.24. The SMILES string of the molecule is CCn1nc(C(=O)NC(C)C)c(=O)c2cc(F)ccc21. The van der Waals surface area contributed by atoms with Crippen molar-refractivity contribution in [3.8, 4) is 0 Å². The van der Waals surface area contributed by atoms with E-state index >= 15 is 0 Å². The molecule has 0 saturated heterocycles. The van der Waals surface area contributed by atoms with E-state index in [-0.39, 0.29) is 17.1 Å². The van der Waals surface area contributed by atoms with Gasteiger partial charge < -0.3 is 5.32 Å². The first-order chi connectivity index (χ1) is 9.43. The molecule has 0 bridgehead atoms. The smallest absolute Gasteiger partial charge is 0.276 e. The second kappa shape index (κ2) is 5.40. The van der Waals surface area contributed by atoms with E-state index in [0.29, 0.717) is 12.1 Å². The van der Waals surface area contributed by atoms with Gasteiger partial charge in [0, 0.05) is 12.6 Å². The van der Waals surface area contributed by atoms with Gasteiger partial charge in [-0.2, -0.15) is 5.10 Å². The number of fused-ring (bicyclic) bond motifs is 1. The summed E-state index contributed by atoms with van der Waals surface area (Å²) >= 11 is 0. The maximum Gasteiger partial charge on any atom is 0.276 e. The summed E-state index contributed by atoms with van der Waals surface area (Å²) in [5.41, 5.74) is -0.249. The van der Waals surface area contributed by atoms with E-state index in [2.05, 4.69) is 10.4 Å². The standard InChI is InChI=1S/C14H16FN3O2/c1-4-18-11-6-5-9(15)7-10(11)13(19)12(17-18)14(20)16-8(2)3/h5-8H,4H2,1-3H3,(H,16,20). The summed E-state index contributed by atoms with van der Waals surface area (Å²) in [5, 5.41) is 6.86. The Morgan fingerprint density at radius 2 is 2.15 bits per heavy atom. The molecule has 0 spiro atoms. The highest BCUT2D eigenvalue weighted by Gasteiger charge is 2.17. The van der Waals surface area contributed by atoms with Gasteiger partial charge in [0.1, 0.15) is 5.82 Å². The number of nitrogens with one attached hydrogen (secondary N) is 1. The summed E-state index contributed by atoms with van der Waals surface area (Å²) in [6.45, 7) is 5.89. The molecule has 2 rings (SSSR count). The van der Waals surface area contributed by atoms with Crippen LogP contribution in [0.5, 0.6) is 0 Å². The van der Waals surface area contributed by atoms with Gasteiger partial charge in [0.25, 0.3) is 5.91 Å². The minimum atomic E-state index is -0.553. The molecule has 0 aliphatic carbocycles. The second-order valence-electron chi connectivity index (χ2n) is 4.78. The predicted octanol–water partition coefficient (Wildman–Crippen LogP) is 1.69. The average molecular weight is 277 g/mol. The van der Waals surface area contributed by atoms with Gasteiger partial charge in [0.05, 0.1) is 10.9 Å². The van der Waals surface area contributed by atoms with Crippen molar-refractivity contribution in [3.05, 3.63) is 39.9 Å². The largest absolute Gasteiger partial charge is 0.348 e. The highest BCUT2D eigenvalue weighted by Crippen LogP contribution is 2.12. The molecule has 0 fully saturated rings. The Morgan fingerprint density at radius 1 is 1.45 bits per heavy atom. The van der Waals surface area contributed by atoms with Crippen LogP contribution in [0.1, 0.15) is 31.3 Å². The summed E-state index contributed by atoms with van der Waals surface area (Å²) in [6.07, 6.45) is 0. The fourth-order valence-corrected chi connectivity index (χ4v) is 1.98. The molecule has 0 atom stereocenters. The lowest BCUT2D eigenvalue weighted by atomic mass is 10.2. The zero-order chi connectivity index (χ0) is 14.9. The van der Waals surface area contributed by atoms with Crippen LogP contribution >= 0.6 is 0 Å². The van der Waals surface area contributed by atoms with Gasteiger partial charge in [-0.1, -0.05) is 0 Å². The molecule has 1 N–H and O–H groups in total. The van der Waals surface area contributed by atoms with Gasteiger partial charge in [0.2, 0.25) is 5.43 Å². The monoisotopic (exact) mass is 277 g/mol. The maximum absolute atomic E-state index is 13.3. The van der Waals surface area contributed by atoms with E-state index in [0.717, 1.165) is 6.07 Å². The molecule has 1 heterocycles. The lowest BCUT2D eigenvalue weighted by Gasteiger charge is -2.11. The number of halogens is 1. The van der Waals surface area contributed by atoms with Crippen molar-refractivity contribution in [3.63, 3.8) is 0 Å². The summed E-state index contributed by atoms with van der Waals surface area (Å²) in [7, 11) is 0. The van der Waals surface area contributed by atoms with E-state index in [1.54, 1.807) is 13.8 Å². The Labute approximate surface area is 115 Å². The van der Waals surface area contributed by atoms with Crippen molar-refractivity contribution in [1.82, 2.24) is 15.1 Å². The topological polar surface area (TPSA) is 64.0 Å². The number of carbonyl (C=O) groups is 1. The van der Waals surface area contributed by atoms with Crippen LogP contribution in [0, 0.1) is 5.82 Å². The van der Waals surface area contributed by atoms with Gasteiger partial charge in [-0.25, -0.2) is 4.39 Å². The van der Waals surface area contributed by atoms with Gasteiger partial charge in [-0.3, -0.25) is 14.3 Å². The molecule has 106 valence electrons. The van der Waals surface area contributed by atoms with E-state index in [1.165, 1.54) is 16.8 Å². The van der Waals surface area contributed by atoms with Crippen LogP contribution in [0.4, 0.5) is 4.39 Å². The summed E-state index contributed by atoms with van der Waals surface area (Å²) in [5.74, 6) is -1.06. The molecule has 1 aromatic heterocycles. The van der Waals surface area contributed by atoms with Crippen LogP contribution in [0.15, 0.2) is 23.0 Å². The molecule has 0 unspecified atom stereocenters. The van der Waals surface area contributed by atoms with Crippen molar-refractivity contribution in [2.75, 3.05) is 0 Å². The van der Waals surface area contributed by atoms with Gasteiger partial charge in [0.15, 0.2) is 5.69 Å². The lowest BCUT2D eigenvalue weighted by molar-refractivity contribution is 0.0935. The fraction of sp³-hybridized carbons (Fsp3) is 0.357. The van der Waals surface area contributed by atoms with Crippen molar-refractivity contribution >= 4 is 16.8 Å². The van der Waals surface area contributed by atoms with Gasteiger partial charge in [-0.15, -0.1) is 0 Å². The Balaban J connectivity index is 2.71. The summed E-state index contributed by atoms with van der Waals surface area (Å²) < 4.78 is 14.8. The third-order valence-corrected chi connectivity index (χ3v) is 2.85. The third-order valence-electron chi connectivity index (χ3n) is 2.85. The van der Waals surface area contributed by atoms with Crippen LogP contribution < -0.4 is 10.7 Å². The number of nitrogens with zero attached hydrogens (tertiary/aromatic N) is 2. The fourth-order valence-electron chi connectivity index (χ4n) is 1.98. The first-order valence-electron chi connectivity index (χ1n) is 6.45. The minimum Gasteiger partial charge on any atom is -0.348 e. The number of hydrogen-bond acceptors (Lipinski definition) is 3. The summed E-state index contributed by atoms with van der Waals surface area (Å²) in [4.78, 5) is 24.3. The minimum absolute atomic E-state index is 0.109. The first-order valence-corrected chi connectivity index (χ1v) is 6.45. The first kappa shape index (κ1) is 14.2. The van der Waals surface area contributed by atoms with E-state index in [1.807, 2.05) is 6.92 Å². The number of rotatable bonds is 3. The number of hydrogen-bond donors (Lipinski definition) is 1. The second-order valence-corrected chi connectivity index (χ2v) is 4.78. The van der Waals surface area contributed by atoms with E-state index < -0.39 is 17.2 Å². The molecule has 0 aliphatic heterocycles. The average Bonchev–Trinajstić information content (AvgIpc) is 2.38. The highest BCUT2D eigenvalue weighted by atomic mass is 19.1. The summed E-state index contributed by atoms with van der Waals surface area (Å²) in [6, 6.07) is 3.79. The molecule has 1 amide bonds. The molecule has 0 aliphatic rings. The van der Waals surface area contributed by atoms with Gasteiger partial charge >= 0.3 is 0 Å². The van der Waals surface area contributed by atoms with Crippen LogP contribution in [0.3, 0.4) is 0 Å². The van der Waals surface area contributed by atoms with E-state index in [9.17, 15) is 14.0 Å². The Morgan fingerprint density at radius 3 is 2.75 bits per heavy atom. The third kappa shape index (κ3) is 2.54. The number of aryl methyl sites for hydroxylation is 1. The lowest BCUT2D eigenvalue weighted by Crippen LogP contribution is -2.35. The van der Waals surface area contributed by atoms with Crippen LogP contribution in [-0.4, -0.2) is 21.7 Å². The molecular formula is C14H16FN3O2. The Kier molecular flexibility index (Phi) is 3.83. The molecule has 0 saturated carbocycles. The molecule has 6 heteroatoms. The predicted molar refractivity (Wildman–Crippen MR) is 74.2 cm³/mol. The Bertz CT molecular complexity index is 722. The van der Waals surface area contributed by atoms with Crippen LogP contribution in [0.2, 0.25) is 0 Å². The molecule has 20 heavy (non-hydrogen) atoms. The van der Waals surface area contributed by atoms with Crippen molar-refractivity contribution in [2.24, 2.45) is 0 Å². The van der Waals surface area contributed by atoms with Crippen LogP contribution in [0.25, 0.3) is 10.9 Å². The van der Waals surface area contributed by atoms with Crippen LogP contribution in [-0.2, 0) is 6.54 Å². The quantitative estimate of drug-likeness (QED) is 0.928. The molecule has 2 aromatic rings. The normalized spacial score (nSPS) is 11.1. The van der Waals surface area contributed by atoms with Crippen molar-refractivity contribution < 1.29 is 9.18 Å². The van der Waals surface area contributed by atoms with Crippen molar-refractivity contribution in [2.45, 2.75) is 33.4 Å². The molecule has 5 nitrogen and oxygen atoms in total. The molecule has 1 aromatic carbocycles.